The molecule has 18 heavy (non-hydrogen) atoms. The summed E-state index contributed by atoms with van der Waals surface area (Å²) in [4.78, 5) is 25.4. The van der Waals surface area contributed by atoms with Crippen LogP contribution in [0.2, 0.25) is 0 Å². The number of hydrogen-bond acceptors (Lipinski definition) is 4. The van der Waals surface area contributed by atoms with Crippen molar-refractivity contribution in [3.05, 3.63) is 29.3 Å². The number of carbonyl (C=O) groups is 2. The Morgan fingerprint density at radius 3 is 2.56 bits per heavy atom. The van der Waals surface area contributed by atoms with E-state index in [2.05, 4.69) is 9.72 Å². The van der Waals surface area contributed by atoms with E-state index in [4.69, 9.17) is 5.11 Å². The zero-order chi connectivity index (χ0) is 13.9. The van der Waals surface area contributed by atoms with Gasteiger partial charge in [-0.2, -0.15) is 0 Å². The molecule has 6 heteroatoms. The number of rotatable bonds is 4. The monoisotopic (exact) mass is 255 g/mol. The number of esters is 1. The number of pyridine rings is 1. The topological polar surface area (TPSA) is 76.5 Å². The van der Waals surface area contributed by atoms with Crippen LogP contribution in [-0.4, -0.2) is 22.0 Å². The lowest BCUT2D eigenvalue weighted by Gasteiger charge is -2.19. The van der Waals surface area contributed by atoms with Crippen LogP contribution >= 0.6 is 0 Å². The molecule has 0 spiro atoms. The van der Waals surface area contributed by atoms with Crippen LogP contribution in [0.5, 0.6) is 0 Å². The van der Waals surface area contributed by atoms with Gasteiger partial charge in [-0.1, -0.05) is 0 Å². The first kappa shape index (κ1) is 14.1. The summed E-state index contributed by atoms with van der Waals surface area (Å²) in [5.74, 6) is -2.30. The quantitative estimate of drug-likeness (QED) is 0.828. The highest BCUT2D eigenvalue weighted by Crippen LogP contribution is 2.24. The molecule has 0 amide bonds. The van der Waals surface area contributed by atoms with Gasteiger partial charge in [0.25, 0.3) is 0 Å². The standard InChI is InChI=1S/C12H14FNO4/c1-7(15)18-6-10-9(13)4-8(5-14-10)12(2,3)11(16)17/h4-5H,6H2,1-3H3,(H,16,17). The highest BCUT2D eigenvalue weighted by atomic mass is 19.1. The summed E-state index contributed by atoms with van der Waals surface area (Å²) >= 11 is 0. The summed E-state index contributed by atoms with van der Waals surface area (Å²) in [6, 6.07) is 1.10. The molecule has 0 atom stereocenters. The number of aromatic nitrogens is 1. The molecule has 0 aromatic carbocycles. The van der Waals surface area contributed by atoms with Crippen LogP contribution in [0.1, 0.15) is 32.0 Å². The maximum absolute atomic E-state index is 13.6. The van der Waals surface area contributed by atoms with E-state index in [0.717, 1.165) is 6.07 Å². The van der Waals surface area contributed by atoms with Gasteiger partial charge in [0.1, 0.15) is 18.1 Å². The van der Waals surface area contributed by atoms with Crippen LogP contribution in [0.4, 0.5) is 4.39 Å². The fourth-order valence-electron chi connectivity index (χ4n) is 1.21. The first-order chi connectivity index (χ1) is 8.25. The summed E-state index contributed by atoms with van der Waals surface area (Å²) in [5.41, 5.74) is -1.01. The van der Waals surface area contributed by atoms with Crippen LogP contribution in [0, 0.1) is 5.82 Å². The molecular weight excluding hydrogens is 241 g/mol. The van der Waals surface area contributed by atoms with Crippen LogP contribution in [0.25, 0.3) is 0 Å². The minimum atomic E-state index is -1.23. The van der Waals surface area contributed by atoms with Gasteiger partial charge in [0.15, 0.2) is 0 Å². The highest BCUT2D eigenvalue weighted by molar-refractivity contribution is 5.80. The molecule has 1 aromatic rings. The van der Waals surface area contributed by atoms with Crippen LogP contribution in [-0.2, 0) is 26.3 Å². The lowest BCUT2D eigenvalue weighted by atomic mass is 9.86. The zero-order valence-corrected chi connectivity index (χ0v) is 10.4. The third kappa shape index (κ3) is 3.03. The van der Waals surface area contributed by atoms with E-state index in [1.165, 1.54) is 27.0 Å². The molecular formula is C12H14FNO4. The first-order valence-corrected chi connectivity index (χ1v) is 5.27. The van der Waals surface area contributed by atoms with E-state index in [1.54, 1.807) is 0 Å². The number of halogens is 1. The van der Waals surface area contributed by atoms with Crippen LogP contribution < -0.4 is 0 Å². The number of aliphatic carboxylic acids is 1. The molecule has 1 rings (SSSR count). The molecule has 1 heterocycles. The van der Waals surface area contributed by atoms with E-state index >= 15 is 0 Å². The van der Waals surface area contributed by atoms with Crippen molar-refractivity contribution in [3.63, 3.8) is 0 Å². The maximum atomic E-state index is 13.6. The number of hydrogen-bond donors (Lipinski definition) is 1. The number of ether oxygens (including phenoxy) is 1. The van der Waals surface area contributed by atoms with Crippen molar-refractivity contribution in [1.82, 2.24) is 4.98 Å². The molecule has 0 fully saturated rings. The second kappa shape index (κ2) is 5.12. The zero-order valence-electron chi connectivity index (χ0n) is 10.4. The molecule has 0 saturated heterocycles. The molecule has 0 saturated carbocycles. The summed E-state index contributed by atoms with van der Waals surface area (Å²) in [7, 11) is 0. The van der Waals surface area contributed by atoms with Gasteiger partial charge in [-0.3, -0.25) is 14.6 Å². The predicted octanol–water partition coefficient (Wildman–Crippen LogP) is 1.65. The molecule has 0 radical (unpaired) electrons. The molecule has 5 nitrogen and oxygen atoms in total. The Morgan fingerprint density at radius 2 is 2.11 bits per heavy atom. The van der Waals surface area contributed by atoms with Crippen LogP contribution in [0.3, 0.4) is 0 Å². The fourth-order valence-corrected chi connectivity index (χ4v) is 1.21. The molecule has 98 valence electrons. The Labute approximate surface area is 104 Å². The average Bonchev–Trinajstić information content (AvgIpc) is 2.26. The van der Waals surface area contributed by atoms with Crippen molar-refractivity contribution in [3.8, 4) is 0 Å². The molecule has 0 bridgehead atoms. The Morgan fingerprint density at radius 1 is 1.50 bits per heavy atom. The van der Waals surface area contributed by atoms with Gasteiger partial charge in [-0.05, 0) is 25.5 Å². The van der Waals surface area contributed by atoms with E-state index in [-0.39, 0.29) is 17.9 Å². The lowest BCUT2D eigenvalue weighted by Crippen LogP contribution is -2.29. The maximum Gasteiger partial charge on any atom is 0.313 e. The largest absolute Gasteiger partial charge is 0.481 e. The lowest BCUT2D eigenvalue weighted by molar-refractivity contribution is -0.143. The fraction of sp³-hybridized carbons (Fsp3) is 0.417. The Balaban J connectivity index is 2.99. The van der Waals surface area contributed by atoms with Crippen molar-refractivity contribution in [2.75, 3.05) is 0 Å². The van der Waals surface area contributed by atoms with Gasteiger partial charge in [0, 0.05) is 13.1 Å². The van der Waals surface area contributed by atoms with Gasteiger partial charge < -0.3 is 9.84 Å². The minimum absolute atomic E-state index is 0.0323. The second-order valence-corrected chi connectivity index (χ2v) is 4.36. The number of carbonyl (C=O) groups excluding carboxylic acids is 1. The third-order valence-electron chi connectivity index (χ3n) is 2.59. The Bertz CT molecular complexity index is 485. The van der Waals surface area contributed by atoms with Crippen molar-refractivity contribution >= 4 is 11.9 Å². The number of carboxylic acids is 1. The first-order valence-electron chi connectivity index (χ1n) is 5.27. The van der Waals surface area contributed by atoms with Crippen molar-refractivity contribution in [1.29, 1.82) is 0 Å². The molecule has 0 aliphatic rings. The van der Waals surface area contributed by atoms with E-state index < -0.39 is 23.2 Å². The Hall–Kier alpha value is -1.98. The van der Waals surface area contributed by atoms with Crippen molar-refractivity contribution in [2.24, 2.45) is 0 Å². The van der Waals surface area contributed by atoms with Gasteiger partial charge in [0.05, 0.1) is 5.41 Å². The van der Waals surface area contributed by atoms with Crippen molar-refractivity contribution in [2.45, 2.75) is 32.8 Å². The highest BCUT2D eigenvalue weighted by Gasteiger charge is 2.30. The van der Waals surface area contributed by atoms with Crippen molar-refractivity contribution < 1.29 is 23.8 Å². The minimum Gasteiger partial charge on any atom is -0.481 e. The second-order valence-electron chi connectivity index (χ2n) is 4.36. The summed E-state index contributed by atoms with van der Waals surface area (Å²) in [5, 5.41) is 9.01. The molecule has 1 aromatic heterocycles. The molecule has 0 aliphatic heterocycles. The third-order valence-corrected chi connectivity index (χ3v) is 2.59. The van der Waals surface area contributed by atoms with E-state index in [9.17, 15) is 14.0 Å². The summed E-state index contributed by atoms with van der Waals surface area (Å²) < 4.78 is 18.3. The van der Waals surface area contributed by atoms with Gasteiger partial charge in [-0.25, -0.2) is 4.39 Å². The van der Waals surface area contributed by atoms with Crippen LogP contribution in [0.15, 0.2) is 12.3 Å². The normalized spacial score (nSPS) is 11.1. The van der Waals surface area contributed by atoms with Gasteiger partial charge in [0.2, 0.25) is 0 Å². The smallest absolute Gasteiger partial charge is 0.313 e. The Kier molecular flexibility index (Phi) is 4.00. The molecule has 0 unspecified atom stereocenters. The SMILES string of the molecule is CC(=O)OCc1ncc(C(C)(C)C(=O)O)cc1F. The number of carboxylic acid groups (broad SMARTS) is 1. The molecule has 0 aliphatic carbocycles. The summed E-state index contributed by atoms with van der Waals surface area (Å²) in [6.45, 7) is 3.85. The molecule has 1 N–H and O–H groups in total. The summed E-state index contributed by atoms with van der Waals surface area (Å²) in [6.07, 6.45) is 1.27. The predicted molar refractivity (Wildman–Crippen MR) is 60.3 cm³/mol. The van der Waals surface area contributed by atoms with E-state index in [0.29, 0.717) is 0 Å². The van der Waals surface area contributed by atoms with E-state index in [1.807, 2.05) is 0 Å². The number of nitrogens with zero attached hydrogens (tertiary/aromatic N) is 1. The average molecular weight is 255 g/mol. The van der Waals surface area contributed by atoms with Gasteiger partial charge >= 0.3 is 11.9 Å². The van der Waals surface area contributed by atoms with Gasteiger partial charge in [-0.15, -0.1) is 0 Å².